The molecule has 0 saturated carbocycles. The Balaban J connectivity index is 1.78. The van der Waals surface area contributed by atoms with Gasteiger partial charge in [-0.1, -0.05) is 30.3 Å². The largest absolute Gasteiger partial charge is 0.252 e. The first-order valence-electron chi connectivity index (χ1n) is 10.4. The van der Waals surface area contributed by atoms with E-state index < -0.39 is 17.0 Å². The summed E-state index contributed by atoms with van der Waals surface area (Å²) >= 11 is 0. The summed E-state index contributed by atoms with van der Waals surface area (Å²) in [5.74, 6) is -1.12. The van der Waals surface area contributed by atoms with Gasteiger partial charge in [0, 0.05) is 22.6 Å². The third-order valence-corrected chi connectivity index (χ3v) is 6.10. The maximum atomic E-state index is 14.7. The number of nitrogens with zero attached hydrogens (tertiary/aromatic N) is 2. The van der Waals surface area contributed by atoms with E-state index >= 15 is 0 Å². The van der Waals surface area contributed by atoms with Gasteiger partial charge in [0.1, 0.15) is 11.6 Å². The summed E-state index contributed by atoms with van der Waals surface area (Å²) in [5, 5.41) is 0. The third-order valence-electron chi connectivity index (χ3n) is 6.10. The fourth-order valence-electron chi connectivity index (χ4n) is 4.15. The predicted molar refractivity (Wildman–Crippen MR) is 119 cm³/mol. The van der Waals surface area contributed by atoms with Crippen LogP contribution in [0.2, 0.25) is 0 Å². The number of benzene rings is 2. The zero-order valence-electron chi connectivity index (χ0n) is 17.5. The molecule has 3 heterocycles. The molecule has 4 aromatic rings. The molecular formula is C27H22F2N2. The predicted octanol–water partition coefficient (Wildman–Crippen LogP) is 6.51. The molecule has 0 radical (unpaired) electrons. The van der Waals surface area contributed by atoms with E-state index in [1.807, 2.05) is 48.5 Å². The Labute approximate surface area is 180 Å². The zero-order valence-corrected chi connectivity index (χ0v) is 17.5. The monoisotopic (exact) mass is 412 g/mol. The van der Waals surface area contributed by atoms with E-state index in [1.165, 1.54) is 0 Å². The first-order chi connectivity index (χ1) is 14.9. The zero-order chi connectivity index (χ0) is 21.6. The molecule has 2 nitrogen and oxygen atoms in total. The second-order valence-electron chi connectivity index (χ2n) is 8.56. The van der Waals surface area contributed by atoms with Gasteiger partial charge in [-0.15, -0.1) is 0 Å². The highest BCUT2D eigenvalue weighted by Crippen LogP contribution is 2.33. The fourth-order valence-corrected chi connectivity index (χ4v) is 4.15. The van der Waals surface area contributed by atoms with Gasteiger partial charge in [-0.05, 0) is 74.2 Å². The molecule has 2 aromatic carbocycles. The highest BCUT2D eigenvalue weighted by molar-refractivity contribution is 5.63. The van der Waals surface area contributed by atoms with Gasteiger partial charge in [-0.3, -0.25) is 9.97 Å². The van der Waals surface area contributed by atoms with Crippen molar-refractivity contribution in [1.29, 1.82) is 0 Å². The first-order valence-corrected chi connectivity index (χ1v) is 10.4. The van der Waals surface area contributed by atoms with Crippen molar-refractivity contribution >= 4 is 0 Å². The molecule has 0 saturated heterocycles. The van der Waals surface area contributed by atoms with Crippen molar-refractivity contribution in [2.24, 2.45) is 0 Å². The minimum atomic E-state index is -0.602. The molecule has 2 aromatic heterocycles. The van der Waals surface area contributed by atoms with Crippen LogP contribution < -0.4 is 0 Å². The Bertz CT molecular complexity index is 1290. The van der Waals surface area contributed by atoms with E-state index in [9.17, 15) is 8.78 Å². The summed E-state index contributed by atoms with van der Waals surface area (Å²) < 4.78 is 29.3. The Kier molecular flexibility index (Phi) is 4.66. The van der Waals surface area contributed by atoms with Gasteiger partial charge in [-0.2, -0.15) is 0 Å². The Hall–Kier alpha value is -3.40. The topological polar surface area (TPSA) is 25.8 Å². The summed E-state index contributed by atoms with van der Waals surface area (Å²) in [6.07, 6.45) is 1.12. The molecule has 0 aliphatic carbocycles. The smallest absolute Gasteiger partial charge is 0.135 e. The minimum Gasteiger partial charge on any atom is -0.252 e. The molecule has 0 amide bonds. The quantitative estimate of drug-likeness (QED) is 0.329. The van der Waals surface area contributed by atoms with Crippen molar-refractivity contribution in [3.8, 4) is 22.5 Å². The Morgan fingerprint density at radius 1 is 0.710 bits per heavy atom. The molecule has 0 fully saturated rings. The Morgan fingerprint density at radius 3 is 2.16 bits per heavy atom. The van der Waals surface area contributed by atoms with Crippen LogP contribution in [-0.4, -0.2) is 9.97 Å². The number of pyridine rings is 2. The fraction of sp³-hybridized carbons (Fsp3) is 0.185. The summed E-state index contributed by atoms with van der Waals surface area (Å²) in [4.78, 5) is 9.73. The van der Waals surface area contributed by atoms with Gasteiger partial charge in [-0.25, -0.2) is 8.78 Å². The number of aryl methyl sites for hydroxylation is 2. The van der Waals surface area contributed by atoms with Gasteiger partial charge in [0.2, 0.25) is 0 Å². The average molecular weight is 412 g/mol. The van der Waals surface area contributed by atoms with E-state index in [2.05, 4.69) is 19.9 Å². The van der Waals surface area contributed by atoms with Crippen LogP contribution in [0.4, 0.5) is 8.78 Å². The molecule has 154 valence electrons. The van der Waals surface area contributed by atoms with Crippen molar-refractivity contribution in [3.05, 3.63) is 107 Å². The van der Waals surface area contributed by atoms with Crippen LogP contribution in [-0.2, 0) is 18.3 Å². The highest BCUT2D eigenvalue weighted by Gasteiger charge is 2.27. The van der Waals surface area contributed by atoms with E-state index in [0.717, 1.165) is 34.3 Å². The van der Waals surface area contributed by atoms with Crippen LogP contribution >= 0.6 is 0 Å². The molecule has 31 heavy (non-hydrogen) atoms. The number of aromatic nitrogens is 2. The van der Waals surface area contributed by atoms with Crippen molar-refractivity contribution in [1.82, 2.24) is 9.97 Å². The lowest BCUT2D eigenvalue weighted by Crippen LogP contribution is -2.22. The van der Waals surface area contributed by atoms with Gasteiger partial charge >= 0.3 is 0 Å². The maximum Gasteiger partial charge on any atom is 0.135 e. The highest BCUT2D eigenvalue weighted by atomic mass is 19.1. The summed E-state index contributed by atoms with van der Waals surface area (Å²) in [7, 11) is 0. The van der Waals surface area contributed by atoms with Crippen LogP contribution in [0.3, 0.4) is 0 Å². The molecule has 0 N–H and O–H groups in total. The van der Waals surface area contributed by atoms with Crippen LogP contribution in [0.15, 0.2) is 72.8 Å². The number of hydrogen-bond donors (Lipinski definition) is 0. The lowest BCUT2D eigenvalue weighted by Gasteiger charge is -2.25. The molecule has 4 heteroatoms. The SMILES string of the molecule is CC1(C)c2cccc(n2)-c2cccc(c2)CCc2cc(c(F)cc2F)-c2cccc1n2. The lowest BCUT2D eigenvalue weighted by atomic mass is 9.84. The van der Waals surface area contributed by atoms with Gasteiger partial charge in [0.05, 0.1) is 22.8 Å². The summed E-state index contributed by atoms with van der Waals surface area (Å²) in [6, 6.07) is 22.3. The van der Waals surface area contributed by atoms with Crippen molar-refractivity contribution in [3.63, 3.8) is 0 Å². The molecule has 1 aliphatic rings. The molecular weight excluding hydrogens is 390 g/mol. The van der Waals surface area contributed by atoms with Gasteiger partial charge < -0.3 is 0 Å². The summed E-state index contributed by atoms with van der Waals surface area (Å²) in [5.41, 5.74) is 5.46. The lowest BCUT2D eigenvalue weighted by molar-refractivity contribution is 0.572. The van der Waals surface area contributed by atoms with Crippen LogP contribution in [0.5, 0.6) is 0 Å². The van der Waals surface area contributed by atoms with E-state index in [1.54, 1.807) is 12.1 Å². The van der Waals surface area contributed by atoms with Crippen molar-refractivity contribution in [2.75, 3.05) is 0 Å². The number of rotatable bonds is 0. The molecule has 5 rings (SSSR count). The summed E-state index contributed by atoms with van der Waals surface area (Å²) in [6.45, 7) is 4.12. The van der Waals surface area contributed by atoms with Crippen LogP contribution in [0.25, 0.3) is 22.5 Å². The molecule has 0 spiro atoms. The standard InChI is InChI=1S/C27H22F2N2/c1-27(2)25-10-4-8-23(30-25)19-7-3-6-17(14-19)12-13-18-15-20(22(29)16-21(18)28)24-9-5-11-26(27)31-24/h3-11,14-16H,12-13H2,1-2H3. The van der Waals surface area contributed by atoms with E-state index in [4.69, 9.17) is 9.97 Å². The third kappa shape index (κ3) is 3.52. The molecule has 0 atom stereocenters. The average Bonchev–Trinajstić information content (AvgIpc) is 2.78. The second kappa shape index (κ2) is 7.38. The number of halogens is 2. The first kappa shape index (κ1) is 19.6. The minimum absolute atomic E-state index is 0.319. The van der Waals surface area contributed by atoms with E-state index in [0.29, 0.717) is 29.7 Å². The number of hydrogen-bond acceptors (Lipinski definition) is 2. The van der Waals surface area contributed by atoms with Crippen molar-refractivity contribution in [2.45, 2.75) is 32.1 Å². The van der Waals surface area contributed by atoms with E-state index in [-0.39, 0.29) is 0 Å². The normalized spacial score (nSPS) is 14.5. The molecule has 0 unspecified atom stereocenters. The van der Waals surface area contributed by atoms with Crippen LogP contribution in [0, 0.1) is 11.6 Å². The maximum absolute atomic E-state index is 14.7. The van der Waals surface area contributed by atoms with Crippen LogP contribution in [0.1, 0.15) is 36.4 Å². The van der Waals surface area contributed by atoms with Gasteiger partial charge in [0.15, 0.2) is 0 Å². The molecule has 1 aliphatic heterocycles. The number of fused-ring (bicyclic) bond motifs is 10. The van der Waals surface area contributed by atoms with Crippen molar-refractivity contribution < 1.29 is 8.78 Å². The Morgan fingerprint density at radius 2 is 1.39 bits per heavy atom. The van der Waals surface area contributed by atoms with Gasteiger partial charge in [0.25, 0.3) is 0 Å². The molecule has 8 bridgehead atoms. The second-order valence-corrected chi connectivity index (χ2v) is 8.56.